The van der Waals surface area contributed by atoms with Crippen molar-refractivity contribution in [2.75, 3.05) is 13.6 Å². The number of hydrogen-bond donors (Lipinski definition) is 0. The van der Waals surface area contributed by atoms with Gasteiger partial charge in [0.2, 0.25) is 0 Å². The molecule has 2 fully saturated rings. The second-order valence-corrected chi connectivity index (χ2v) is 5.45. The molecule has 0 bridgehead atoms. The van der Waals surface area contributed by atoms with Gasteiger partial charge in [-0.2, -0.15) is 0 Å². The molecule has 3 rings (SSSR count). The van der Waals surface area contributed by atoms with Gasteiger partial charge in [-0.15, -0.1) is 5.10 Å². The van der Waals surface area contributed by atoms with Crippen LogP contribution in [-0.4, -0.2) is 45.3 Å². The van der Waals surface area contributed by atoms with Crippen LogP contribution in [-0.2, 0) is 11.8 Å². The summed E-state index contributed by atoms with van der Waals surface area (Å²) in [6.45, 7) is 4.76. The van der Waals surface area contributed by atoms with Crippen LogP contribution >= 0.6 is 0 Å². The molecule has 1 aromatic heterocycles. The van der Waals surface area contributed by atoms with Gasteiger partial charge in [0, 0.05) is 19.5 Å². The number of likely N-dealkylation sites (N-methyl/N-ethyl adjacent to an activating group) is 1. The van der Waals surface area contributed by atoms with Gasteiger partial charge < -0.3 is 0 Å². The third-order valence-electron chi connectivity index (χ3n) is 4.44. The maximum absolute atomic E-state index is 11.7. The summed E-state index contributed by atoms with van der Waals surface area (Å²) in [4.78, 5) is 13.9. The predicted molar refractivity (Wildman–Crippen MR) is 62.6 cm³/mol. The Morgan fingerprint density at radius 3 is 2.65 bits per heavy atom. The Kier molecular flexibility index (Phi) is 2.17. The monoisotopic (exact) mass is 234 g/mol. The highest BCUT2D eigenvalue weighted by atomic mass is 16.1. The van der Waals surface area contributed by atoms with Crippen LogP contribution in [0.1, 0.15) is 24.2 Å². The molecule has 0 N–H and O–H groups in total. The summed E-state index contributed by atoms with van der Waals surface area (Å²) in [5, 5.41) is 8.32. The fraction of sp³-hybridized carbons (Fsp3) is 0.750. The second kappa shape index (κ2) is 3.38. The number of carbonyl (C=O) groups is 1. The fourth-order valence-electron chi connectivity index (χ4n) is 3.50. The Morgan fingerprint density at radius 2 is 2.12 bits per heavy atom. The molecule has 2 heterocycles. The first kappa shape index (κ1) is 10.9. The normalized spacial score (nSPS) is 36.0. The fourth-order valence-corrected chi connectivity index (χ4v) is 3.50. The second-order valence-electron chi connectivity index (χ2n) is 5.45. The van der Waals surface area contributed by atoms with Gasteiger partial charge in [0.15, 0.2) is 0 Å². The summed E-state index contributed by atoms with van der Waals surface area (Å²) < 4.78 is 1.82. The van der Waals surface area contributed by atoms with Gasteiger partial charge in [0.25, 0.3) is 0 Å². The Bertz CT molecular complexity index is 481. The van der Waals surface area contributed by atoms with Crippen molar-refractivity contribution in [3.8, 4) is 0 Å². The van der Waals surface area contributed by atoms with E-state index in [-0.39, 0.29) is 11.8 Å². The lowest BCUT2D eigenvalue weighted by Gasteiger charge is -2.21. The highest BCUT2D eigenvalue weighted by Crippen LogP contribution is 2.60. The molecule has 17 heavy (non-hydrogen) atoms. The molecule has 1 saturated carbocycles. The largest absolute Gasteiger partial charge is 0.298 e. The lowest BCUT2D eigenvalue weighted by molar-refractivity contribution is -0.121. The number of rotatable bonds is 2. The standard InChI is InChI=1S/C12H18N4O/c1-6-11(13-14-16(6)4)9-8-5-15(3)12(7(2)17)10(8)9/h8-10,12H,5H2,1-4H3/t8-,9?,10-,12-/m1/s1. The quantitative estimate of drug-likeness (QED) is 0.741. The van der Waals surface area contributed by atoms with Gasteiger partial charge in [-0.25, -0.2) is 0 Å². The van der Waals surface area contributed by atoms with Gasteiger partial charge in [-0.3, -0.25) is 14.4 Å². The van der Waals surface area contributed by atoms with Gasteiger partial charge >= 0.3 is 0 Å². The third kappa shape index (κ3) is 1.38. The lowest BCUT2D eigenvalue weighted by atomic mass is 10.0. The van der Waals surface area contributed by atoms with Crippen LogP contribution in [0.5, 0.6) is 0 Å². The average molecular weight is 234 g/mol. The maximum atomic E-state index is 11.7. The van der Waals surface area contributed by atoms with E-state index in [2.05, 4.69) is 22.1 Å². The smallest absolute Gasteiger partial charge is 0.147 e. The number of likely N-dealkylation sites (tertiary alicyclic amines) is 1. The molecule has 0 amide bonds. The minimum Gasteiger partial charge on any atom is -0.298 e. The Hall–Kier alpha value is -1.23. The van der Waals surface area contributed by atoms with E-state index in [0.717, 1.165) is 17.9 Å². The van der Waals surface area contributed by atoms with Crippen LogP contribution in [0.2, 0.25) is 0 Å². The summed E-state index contributed by atoms with van der Waals surface area (Å²) in [6.07, 6.45) is 0. The first-order valence-electron chi connectivity index (χ1n) is 6.09. The van der Waals surface area contributed by atoms with Crippen molar-refractivity contribution < 1.29 is 4.79 Å². The molecule has 0 aromatic carbocycles. The number of hydrogen-bond acceptors (Lipinski definition) is 4. The summed E-state index contributed by atoms with van der Waals surface area (Å²) >= 11 is 0. The van der Waals surface area contributed by atoms with E-state index in [1.54, 1.807) is 6.92 Å². The van der Waals surface area contributed by atoms with Crippen LogP contribution in [0, 0.1) is 18.8 Å². The van der Waals surface area contributed by atoms with Crippen LogP contribution in [0.25, 0.3) is 0 Å². The molecule has 2 aliphatic rings. The van der Waals surface area contributed by atoms with Gasteiger partial charge in [-0.05, 0) is 32.7 Å². The van der Waals surface area contributed by atoms with Gasteiger partial charge in [0.1, 0.15) is 5.78 Å². The lowest BCUT2D eigenvalue weighted by Crippen LogP contribution is -2.36. The zero-order chi connectivity index (χ0) is 12.3. The number of nitrogens with zero attached hydrogens (tertiary/aromatic N) is 4. The van der Waals surface area contributed by atoms with Crippen molar-refractivity contribution in [2.24, 2.45) is 18.9 Å². The van der Waals surface area contributed by atoms with Crippen LogP contribution in [0.15, 0.2) is 0 Å². The zero-order valence-electron chi connectivity index (χ0n) is 10.7. The van der Waals surface area contributed by atoms with E-state index < -0.39 is 0 Å². The highest BCUT2D eigenvalue weighted by Gasteiger charge is 2.63. The minimum atomic E-state index is 0.0893. The van der Waals surface area contributed by atoms with Crippen molar-refractivity contribution in [1.82, 2.24) is 19.9 Å². The number of aromatic nitrogens is 3. The van der Waals surface area contributed by atoms with E-state index in [9.17, 15) is 4.79 Å². The molecule has 4 atom stereocenters. The van der Waals surface area contributed by atoms with Crippen LogP contribution < -0.4 is 0 Å². The Morgan fingerprint density at radius 1 is 1.41 bits per heavy atom. The van der Waals surface area contributed by atoms with Crippen molar-refractivity contribution in [1.29, 1.82) is 0 Å². The summed E-state index contributed by atoms with van der Waals surface area (Å²) in [6, 6.07) is 0.0893. The number of fused-ring (bicyclic) bond motifs is 1. The average Bonchev–Trinajstić information content (AvgIpc) is 2.64. The number of carbonyl (C=O) groups excluding carboxylic acids is 1. The summed E-state index contributed by atoms with van der Waals surface area (Å²) in [7, 11) is 3.96. The van der Waals surface area contributed by atoms with Crippen molar-refractivity contribution in [3.63, 3.8) is 0 Å². The molecular weight excluding hydrogens is 216 g/mol. The predicted octanol–water partition coefficient (Wildman–Crippen LogP) is 0.356. The van der Waals surface area contributed by atoms with E-state index in [4.69, 9.17) is 0 Å². The van der Waals surface area contributed by atoms with Crippen LogP contribution in [0.4, 0.5) is 0 Å². The van der Waals surface area contributed by atoms with E-state index in [0.29, 0.717) is 17.8 Å². The molecular formula is C12H18N4O. The minimum absolute atomic E-state index is 0.0893. The molecule has 92 valence electrons. The van der Waals surface area contributed by atoms with Gasteiger partial charge in [0.05, 0.1) is 17.4 Å². The topological polar surface area (TPSA) is 51.0 Å². The number of aryl methyl sites for hydroxylation is 1. The van der Waals surface area contributed by atoms with E-state index in [1.165, 1.54) is 0 Å². The summed E-state index contributed by atoms with van der Waals surface area (Å²) in [5.74, 6) is 1.80. The van der Waals surface area contributed by atoms with Gasteiger partial charge in [-0.1, -0.05) is 5.21 Å². The SMILES string of the molecule is CC(=O)[C@@H]1[C@H]2C(c3nnn(C)c3C)[C@H]2CN1C. The van der Waals surface area contributed by atoms with E-state index in [1.807, 2.05) is 18.8 Å². The van der Waals surface area contributed by atoms with E-state index >= 15 is 0 Å². The first-order chi connectivity index (χ1) is 8.02. The maximum Gasteiger partial charge on any atom is 0.147 e. The van der Waals surface area contributed by atoms with Crippen LogP contribution in [0.3, 0.4) is 0 Å². The zero-order valence-corrected chi connectivity index (χ0v) is 10.7. The molecule has 5 nitrogen and oxygen atoms in total. The molecule has 5 heteroatoms. The highest BCUT2D eigenvalue weighted by molar-refractivity contribution is 5.83. The van der Waals surface area contributed by atoms with Crippen molar-refractivity contribution >= 4 is 5.78 Å². The van der Waals surface area contributed by atoms with Crippen molar-refractivity contribution in [3.05, 3.63) is 11.4 Å². The molecule has 1 aliphatic carbocycles. The Balaban J connectivity index is 1.87. The summed E-state index contributed by atoms with van der Waals surface area (Å²) in [5.41, 5.74) is 2.23. The molecule has 0 radical (unpaired) electrons. The number of piperidine rings is 1. The van der Waals surface area contributed by atoms with Crippen molar-refractivity contribution in [2.45, 2.75) is 25.8 Å². The molecule has 1 saturated heterocycles. The molecule has 1 aliphatic heterocycles. The molecule has 1 aromatic rings. The first-order valence-corrected chi connectivity index (χ1v) is 6.09. The number of Topliss-reactive ketones (excluding diaryl/α,β-unsaturated/α-hetero) is 1. The Labute approximate surface area is 101 Å². The molecule has 1 unspecified atom stereocenters. The number of ketones is 1. The molecule has 0 spiro atoms. The third-order valence-corrected chi connectivity index (χ3v) is 4.44.